The summed E-state index contributed by atoms with van der Waals surface area (Å²) in [4.78, 5) is 20.5. The normalized spacial score (nSPS) is 14.9. The zero-order valence-electron chi connectivity index (χ0n) is 7.14. The van der Waals surface area contributed by atoms with Crippen LogP contribution in [0.1, 0.15) is 19.3 Å². The minimum atomic E-state index is -1.08. The largest absolute Gasteiger partial charge is 0.480 e. The molecule has 0 aromatic rings. The van der Waals surface area contributed by atoms with Gasteiger partial charge in [-0.3, -0.25) is 9.59 Å². The van der Waals surface area contributed by atoms with Crippen LogP contribution in [0.15, 0.2) is 0 Å². The Morgan fingerprint density at radius 2 is 1.31 bits per heavy atom. The molecule has 6 N–H and O–H groups in total. The lowest BCUT2D eigenvalue weighted by Gasteiger charge is -2.07. The number of carboxylic acids is 2. The highest BCUT2D eigenvalue weighted by molar-refractivity contribution is 5.73. The second-order valence-electron chi connectivity index (χ2n) is 2.82. The summed E-state index contributed by atoms with van der Waals surface area (Å²) in [7, 11) is 0. The van der Waals surface area contributed by atoms with Crippen LogP contribution in [0.5, 0.6) is 0 Å². The van der Waals surface area contributed by atoms with Crippen molar-refractivity contribution >= 4 is 11.9 Å². The summed E-state index contributed by atoms with van der Waals surface area (Å²) in [5, 5.41) is 16.8. The number of rotatable bonds is 6. The zero-order valence-corrected chi connectivity index (χ0v) is 7.14. The van der Waals surface area contributed by atoms with Crippen LogP contribution >= 0.6 is 0 Å². The van der Waals surface area contributed by atoms with Crippen molar-refractivity contribution in [3.8, 4) is 0 Å². The van der Waals surface area contributed by atoms with Crippen molar-refractivity contribution < 1.29 is 19.8 Å². The molecule has 0 aromatic heterocycles. The highest BCUT2D eigenvalue weighted by Crippen LogP contribution is 2.01. The van der Waals surface area contributed by atoms with Gasteiger partial charge >= 0.3 is 11.9 Å². The van der Waals surface area contributed by atoms with Gasteiger partial charge in [0.1, 0.15) is 12.1 Å². The Hall–Kier alpha value is -1.14. The molecular formula is C7H14N2O4. The van der Waals surface area contributed by atoms with Gasteiger partial charge in [-0.15, -0.1) is 0 Å². The van der Waals surface area contributed by atoms with Gasteiger partial charge in [-0.2, -0.15) is 0 Å². The van der Waals surface area contributed by atoms with Gasteiger partial charge in [-0.25, -0.2) is 0 Å². The molecule has 0 saturated carbocycles. The van der Waals surface area contributed by atoms with Gasteiger partial charge in [-0.05, 0) is 19.3 Å². The molecule has 0 fully saturated rings. The molecule has 0 aromatic carbocycles. The summed E-state index contributed by atoms with van der Waals surface area (Å²) in [6.45, 7) is 0. The second kappa shape index (κ2) is 5.50. The van der Waals surface area contributed by atoms with Crippen LogP contribution in [0.3, 0.4) is 0 Å². The average Bonchev–Trinajstić information content (AvgIpc) is 2.03. The molecule has 0 aliphatic carbocycles. The number of hydrogen-bond acceptors (Lipinski definition) is 4. The Kier molecular flexibility index (Phi) is 5.01. The number of nitrogens with two attached hydrogens (primary N) is 2. The molecule has 0 spiro atoms. The third-order valence-corrected chi connectivity index (χ3v) is 1.66. The summed E-state index contributed by atoms with van der Waals surface area (Å²) >= 11 is 0. The lowest BCUT2D eigenvalue weighted by Crippen LogP contribution is -2.33. The van der Waals surface area contributed by atoms with Gasteiger partial charge in [0.05, 0.1) is 0 Å². The Morgan fingerprint density at radius 3 is 1.54 bits per heavy atom. The molecule has 0 bridgehead atoms. The molecule has 0 aliphatic heterocycles. The van der Waals surface area contributed by atoms with Gasteiger partial charge in [0, 0.05) is 0 Å². The van der Waals surface area contributed by atoms with E-state index in [-0.39, 0.29) is 12.8 Å². The van der Waals surface area contributed by atoms with Crippen molar-refractivity contribution in [2.45, 2.75) is 31.3 Å². The predicted octanol–water partition coefficient (Wildman–Crippen LogP) is -1.02. The van der Waals surface area contributed by atoms with Crippen LogP contribution < -0.4 is 11.5 Å². The maximum absolute atomic E-state index is 10.2. The molecule has 2 atom stereocenters. The van der Waals surface area contributed by atoms with Crippen molar-refractivity contribution in [1.82, 2.24) is 0 Å². The molecule has 0 saturated heterocycles. The van der Waals surface area contributed by atoms with E-state index in [4.69, 9.17) is 21.7 Å². The third-order valence-electron chi connectivity index (χ3n) is 1.66. The first-order valence-electron chi connectivity index (χ1n) is 3.92. The van der Waals surface area contributed by atoms with E-state index in [2.05, 4.69) is 0 Å². The number of aliphatic carboxylic acids is 2. The molecule has 13 heavy (non-hydrogen) atoms. The van der Waals surface area contributed by atoms with Crippen LogP contribution in [0.4, 0.5) is 0 Å². The summed E-state index contributed by atoms with van der Waals surface area (Å²) in [6.07, 6.45) is 0.896. The molecule has 0 radical (unpaired) electrons. The Labute approximate surface area is 75.5 Å². The van der Waals surface area contributed by atoms with Crippen LogP contribution in [0.2, 0.25) is 0 Å². The third kappa shape index (κ3) is 5.15. The topological polar surface area (TPSA) is 127 Å². The lowest BCUT2D eigenvalue weighted by atomic mass is 11.0. The van der Waals surface area contributed by atoms with Crippen LogP contribution in [0, 0.1) is 0 Å². The highest BCUT2D eigenvalue weighted by Gasteiger charge is 2.14. The first-order chi connectivity index (χ1) is 5.95. The van der Waals surface area contributed by atoms with Crippen LogP contribution in [-0.2, 0) is 9.59 Å². The number of carboxylic acid groups (broad SMARTS) is 2. The van der Waals surface area contributed by atoms with E-state index in [1.165, 1.54) is 0 Å². The smallest absolute Gasteiger partial charge is 0.320 e. The van der Waals surface area contributed by atoms with E-state index in [1.54, 1.807) is 0 Å². The van der Waals surface area contributed by atoms with E-state index < -0.39 is 24.0 Å². The van der Waals surface area contributed by atoms with E-state index in [0.29, 0.717) is 6.42 Å². The molecular weight excluding hydrogens is 183 g/mol. The maximum Gasteiger partial charge on any atom is 0.320 e. The molecule has 2 unspecified atom stereocenters. The minimum absolute atomic E-state index is 0.246. The van der Waals surface area contributed by atoms with E-state index in [9.17, 15) is 9.59 Å². The van der Waals surface area contributed by atoms with Crippen molar-refractivity contribution in [3.05, 3.63) is 0 Å². The average molecular weight is 197 g/mol. The fraction of sp³-hybridized carbons (Fsp3) is 0.714. The van der Waals surface area contributed by atoms with E-state index in [1.807, 2.05) is 0 Å². The van der Waals surface area contributed by atoms with Crippen molar-refractivity contribution in [1.29, 1.82) is 0 Å². The Morgan fingerprint density at radius 1 is 1.00 bits per heavy atom. The van der Waals surface area contributed by atoms with Crippen molar-refractivity contribution in [2.75, 3.05) is 0 Å². The number of hydrogen-bond donors (Lipinski definition) is 4. The Bertz CT molecular complexity index is 175. The van der Waals surface area contributed by atoms with Crippen molar-refractivity contribution in [3.63, 3.8) is 0 Å². The van der Waals surface area contributed by atoms with Gasteiger partial charge in [0.15, 0.2) is 0 Å². The van der Waals surface area contributed by atoms with Crippen molar-refractivity contribution in [2.24, 2.45) is 11.5 Å². The predicted molar refractivity (Wildman–Crippen MR) is 45.1 cm³/mol. The van der Waals surface area contributed by atoms with Gasteiger partial charge in [-0.1, -0.05) is 0 Å². The number of carbonyl (C=O) groups is 2. The second-order valence-corrected chi connectivity index (χ2v) is 2.82. The maximum atomic E-state index is 10.2. The highest BCUT2D eigenvalue weighted by atomic mass is 16.5. The minimum Gasteiger partial charge on any atom is -0.480 e. The molecule has 6 heteroatoms. The molecule has 0 amide bonds. The zero-order chi connectivity index (χ0) is 10.4. The van der Waals surface area contributed by atoms with Gasteiger partial charge in [0.2, 0.25) is 0 Å². The fourth-order valence-electron chi connectivity index (χ4n) is 0.805. The Balaban J connectivity index is 3.56. The van der Waals surface area contributed by atoms with Gasteiger partial charge < -0.3 is 21.7 Å². The molecule has 76 valence electrons. The summed E-state index contributed by atoms with van der Waals surface area (Å²) in [5.41, 5.74) is 10.4. The van der Waals surface area contributed by atoms with Crippen LogP contribution in [-0.4, -0.2) is 34.2 Å². The first kappa shape index (κ1) is 11.9. The van der Waals surface area contributed by atoms with Crippen LogP contribution in [0.25, 0.3) is 0 Å². The molecule has 0 heterocycles. The molecule has 0 rings (SSSR count). The molecule has 6 nitrogen and oxygen atoms in total. The SMILES string of the molecule is N[13CH]([13CH2][13CH2][13CH2][13CH](N)[13C](=O)O)[13C](=O)O. The standard InChI is InChI=1S/C7H14N2O4/c8-4(6(10)11)2-1-3-5(9)7(12)13/h4-5H,1-3,8-9H2,(H,10,11)(H,12,13)/i1+1,2+1,3+1,4+1,5+1,6+1,7+1. The summed E-state index contributed by atoms with van der Waals surface area (Å²) in [6, 6.07) is -1.86. The quantitative estimate of drug-likeness (QED) is 0.403. The monoisotopic (exact) mass is 197 g/mol. The van der Waals surface area contributed by atoms with E-state index in [0.717, 1.165) is 0 Å². The summed E-state index contributed by atoms with van der Waals surface area (Å²) in [5.74, 6) is -2.16. The molecule has 0 aliphatic rings. The van der Waals surface area contributed by atoms with Gasteiger partial charge in [0.25, 0.3) is 0 Å². The first-order valence-corrected chi connectivity index (χ1v) is 3.92. The lowest BCUT2D eigenvalue weighted by molar-refractivity contribution is -0.139. The summed E-state index contributed by atoms with van der Waals surface area (Å²) < 4.78 is 0. The fourth-order valence-corrected chi connectivity index (χ4v) is 0.805. The van der Waals surface area contributed by atoms with E-state index >= 15 is 0 Å².